The van der Waals surface area contributed by atoms with E-state index >= 15 is 0 Å². The third-order valence-corrected chi connectivity index (χ3v) is 6.68. The van der Waals surface area contributed by atoms with E-state index in [1.165, 1.54) is 19.3 Å². The maximum atomic E-state index is 13.1. The molecule has 3 aliphatic rings. The van der Waals surface area contributed by atoms with Crippen LogP contribution in [0, 0.1) is 12.8 Å². The van der Waals surface area contributed by atoms with Crippen LogP contribution in [0.5, 0.6) is 0 Å². The van der Waals surface area contributed by atoms with E-state index in [0.29, 0.717) is 11.4 Å². The highest BCUT2D eigenvalue weighted by atomic mass is 16.2. The van der Waals surface area contributed by atoms with E-state index in [4.69, 9.17) is 0 Å². The molecule has 4 rings (SSSR count). The lowest BCUT2D eigenvalue weighted by Gasteiger charge is -2.29. The predicted molar refractivity (Wildman–Crippen MR) is 107 cm³/mol. The lowest BCUT2D eigenvalue weighted by Crippen LogP contribution is -2.39. The van der Waals surface area contributed by atoms with Crippen LogP contribution in [-0.2, 0) is 4.79 Å². The van der Waals surface area contributed by atoms with Gasteiger partial charge in [-0.1, -0.05) is 32.1 Å². The Kier molecular flexibility index (Phi) is 5.93. The number of hydrogen-bond donors (Lipinski definition) is 1. The van der Waals surface area contributed by atoms with Crippen molar-refractivity contribution in [2.75, 3.05) is 6.54 Å². The molecular formula is C22H32N4O2. The molecule has 1 saturated heterocycles. The van der Waals surface area contributed by atoms with Gasteiger partial charge < -0.3 is 10.2 Å². The van der Waals surface area contributed by atoms with E-state index in [9.17, 15) is 9.59 Å². The SMILES string of the molecule is Cc1ncc(C(=O)NC2CCCCC2)c([C@H]2CCCN2C(=O)C2CCCC2)n1. The Bertz CT molecular complexity index is 723. The lowest BCUT2D eigenvalue weighted by molar-refractivity contribution is -0.136. The number of carbonyl (C=O) groups is 2. The van der Waals surface area contributed by atoms with Gasteiger partial charge in [0.05, 0.1) is 17.3 Å². The topological polar surface area (TPSA) is 75.2 Å². The Balaban J connectivity index is 1.56. The molecule has 0 unspecified atom stereocenters. The summed E-state index contributed by atoms with van der Waals surface area (Å²) in [5.41, 5.74) is 1.29. The van der Waals surface area contributed by atoms with Crippen molar-refractivity contribution in [3.8, 4) is 0 Å². The number of amides is 2. The van der Waals surface area contributed by atoms with Crippen molar-refractivity contribution < 1.29 is 9.59 Å². The van der Waals surface area contributed by atoms with E-state index in [2.05, 4.69) is 15.3 Å². The number of aromatic nitrogens is 2. The summed E-state index contributed by atoms with van der Waals surface area (Å²) < 4.78 is 0. The van der Waals surface area contributed by atoms with E-state index in [1.54, 1.807) is 6.20 Å². The van der Waals surface area contributed by atoms with Crippen molar-refractivity contribution in [1.82, 2.24) is 20.2 Å². The number of nitrogens with one attached hydrogen (secondary N) is 1. The molecule has 1 atom stereocenters. The Labute approximate surface area is 167 Å². The molecule has 1 aliphatic heterocycles. The summed E-state index contributed by atoms with van der Waals surface area (Å²) in [6.45, 7) is 2.62. The van der Waals surface area contributed by atoms with Gasteiger partial charge in [0, 0.05) is 24.7 Å². The van der Waals surface area contributed by atoms with Gasteiger partial charge in [-0.2, -0.15) is 0 Å². The third-order valence-electron chi connectivity index (χ3n) is 6.68. The summed E-state index contributed by atoms with van der Waals surface area (Å²) in [6, 6.07) is 0.150. The summed E-state index contributed by atoms with van der Waals surface area (Å²) in [5, 5.41) is 3.20. The fraction of sp³-hybridized carbons (Fsp3) is 0.727. The van der Waals surface area contributed by atoms with Crippen LogP contribution in [0.25, 0.3) is 0 Å². The molecule has 1 N–H and O–H groups in total. The van der Waals surface area contributed by atoms with Gasteiger partial charge in [-0.25, -0.2) is 9.97 Å². The van der Waals surface area contributed by atoms with Gasteiger partial charge in [0.1, 0.15) is 5.82 Å². The monoisotopic (exact) mass is 384 g/mol. The van der Waals surface area contributed by atoms with Crippen molar-refractivity contribution in [2.24, 2.45) is 5.92 Å². The number of nitrogens with zero attached hydrogens (tertiary/aromatic N) is 3. The highest BCUT2D eigenvalue weighted by molar-refractivity contribution is 5.95. The fourth-order valence-corrected chi connectivity index (χ4v) is 5.15. The summed E-state index contributed by atoms with van der Waals surface area (Å²) in [6.07, 6.45) is 13.5. The van der Waals surface area contributed by atoms with Crippen molar-refractivity contribution in [3.63, 3.8) is 0 Å². The molecule has 3 fully saturated rings. The van der Waals surface area contributed by atoms with Crippen molar-refractivity contribution in [3.05, 3.63) is 23.3 Å². The van der Waals surface area contributed by atoms with Crippen molar-refractivity contribution >= 4 is 11.8 Å². The molecule has 28 heavy (non-hydrogen) atoms. The molecular weight excluding hydrogens is 352 g/mol. The van der Waals surface area contributed by atoms with Gasteiger partial charge in [-0.3, -0.25) is 9.59 Å². The summed E-state index contributed by atoms with van der Waals surface area (Å²) in [5.74, 6) is 0.990. The molecule has 6 heteroatoms. The Morgan fingerprint density at radius 2 is 1.71 bits per heavy atom. The number of hydrogen-bond acceptors (Lipinski definition) is 4. The number of carbonyl (C=O) groups excluding carboxylic acids is 2. The van der Waals surface area contributed by atoms with Gasteiger partial charge in [-0.15, -0.1) is 0 Å². The second-order valence-corrected chi connectivity index (χ2v) is 8.70. The zero-order valence-electron chi connectivity index (χ0n) is 17.0. The Hall–Kier alpha value is -1.98. The summed E-state index contributed by atoms with van der Waals surface area (Å²) in [4.78, 5) is 37.1. The lowest BCUT2D eigenvalue weighted by atomic mass is 9.95. The molecule has 2 aliphatic carbocycles. The molecule has 2 amide bonds. The average Bonchev–Trinajstić information content (AvgIpc) is 3.40. The van der Waals surface area contributed by atoms with Crippen LogP contribution in [0.4, 0.5) is 0 Å². The molecule has 1 aromatic rings. The minimum atomic E-state index is -0.0955. The van der Waals surface area contributed by atoms with E-state index in [-0.39, 0.29) is 29.8 Å². The van der Waals surface area contributed by atoms with Gasteiger partial charge >= 0.3 is 0 Å². The zero-order chi connectivity index (χ0) is 19.5. The van der Waals surface area contributed by atoms with Crippen LogP contribution in [-0.4, -0.2) is 39.3 Å². The number of aryl methyl sites for hydroxylation is 1. The molecule has 0 radical (unpaired) electrons. The highest BCUT2D eigenvalue weighted by Gasteiger charge is 2.37. The second kappa shape index (κ2) is 8.58. The van der Waals surface area contributed by atoms with Crippen LogP contribution in [0.3, 0.4) is 0 Å². The van der Waals surface area contributed by atoms with Crippen LogP contribution < -0.4 is 5.32 Å². The summed E-state index contributed by atoms with van der Waals surface area (Å²) >= 11 is 0. The quantitative estimate of drug-likeness (QED) is 0.859. The molecule has 1 aromatic heterocycles. The van der Waals surface area contributed by atoms with Crippen LogP contribution in [0.2, 0.25) is 0 Å². The zero-order valence-corrected chi connectivity index (χ0v) is 17.0. The van der Waals surface area contributed by atoms with E-state index in [1.807, 2.05) is 11.8 Å². The number of likely N-dealkylation sites (tertiary alicyclic amines) is 1. The first-order chi connectivity index (χ1) is 13.6. The Morgan fingerprint density at radius 1 is 1.00 bits per heavy atom. The number of rotatable bonds is 4. The van der Waals surface area contributed by atoms with Gasteiger partial charge in [0.25, 0.3) is 5.91 Å². The second-order valence-electron chi connectivity index (χ2n) is 8.70. The third kappa shape index (κ3) is 4.06. The van der Waals surface area contributed by atoms with Crippen LogP contribution in [0.15, 0.2) is 6.20 Å². The average molecular weight is 385 g/mol. The Morgan fingerprint density at radius 3 is 2.46 bits per heavy atom. The summed E-state index contributed by atoms with van der Waals surface area (Å²) in [7, 11) is 0. The predicted octanol–water partition coefficient (Wildman–Crippen LogP) is 3.70. The first-order valence-corrected chi connectivity index (χ1v) is 11.1. The first-order valence-electron chi connectivity index (χ1n) is 11.1. The first kappa shape index (κ1) is 19.3. The van der Waals surface area contributed by atoms with E-state index in [0.717, 1.165) is 63.6 Å². The van der Waals surface area contributed by atoms with Gasteiger partial charge in [0.2, 0.25) is 5.91 Å². The van der Waals surface area contributed by atoms with Crippen LogP contribution in [0.1, 0.15) is 98.5 Å². The molecule has 6 nitrogen and oxygen atoms in total. The molecule has 2 heterocycles. The van der Waals surface area contributed by atoms with Crippen molar-refractivity contribution in [2.45, 2.75) is 89.6 Å². The largest absolute Gasteiger partial charge is 0.349 e. The normalized spacial score (nSPS) is 23.9. The molecule has 0 spiro atoms. The van der Waals surface area contributed by atoms with Gasteiger partial charge in [0.15, 0.2) is 0 Å². The minimum Gasteiger partial charge on any atom is -0.349 e. The smallest absolute Gasteiger partial charge is 0.255 e. The van der Waals surface area contributed by atoms with Crippen molar-refractivity contribution in [1.29, 1.82) is 0 Å². The standard InChI is InChI=1S/C22H32N4O2/c1-15-23-14-18(21(27)25-17-10-3-2-4-11-17)20(24-15)19-12-7-13-26(19)22(28)16-8-5-6-9-16/h14,16-17,19H,2-13H2,1H3,(H,25,27)/t19-/m1/s1. The van der Waals surface area contributed by atoms with E-state index < -0.39 is 0 Å². The maximum absolute atomic E-state index is 13.1. The molecule has 2 saturated carbocycles. The molecule has 0 aromatic carbocycles. The van der Waals surface area contributed by atoms with Crippen LogP contribution >= 0.6 is 0 Å². The fourth-order valence-electron chi connectivity index (χ4n) is 5.15. The maximum Gasteiger partial charge on any atom is 0.255 e. The minimum absolute atomic E-state index is 0.0814. The molecule has 0 bridgehead atoms. The molecule has 152 valence electrons. The van der Waals surface area contributed by atoms with Gasteiger partial charge in [-0.05, 0) is 45.4 Å². The highest BCUT2D eigenvalue weighted by Crippen LogP contribution is 2.36.